The third kappa shape index (κ3) is 3.86. The Kier molecular flexibility index (Phi) is 4.88. The van der Waals surface area contributed by atoms with Crippen LogP contribution in [0.3, 0.4) is 0 Å². The molecule has 112 valence electrons. The highest BCUT2D eigenvalue weighted by Gasteiger charge is 2.32. The Bertz CT molecular complexity index is 541. The lowest BCUT2D eigenvalue weighted by molar-refractivity contribution is 0.415. The van der Waals surface area contributed by atoms with Gasteiger partial charge in [-0.2, -0.15) is 0 Å². The van der Waals surface area contributed by atoms with Crippen molar-refractivity contribution in [3.8, 4) is 5.75 Å². The first-order valence-electron chi connectivity index (χ1n) is 6.91. The van der Waals surface area contributed by atoms with Gasteiger partial charge in [-0.15, -0.1) is 0 Å². The lowest BCUT2D eigenvalue weighted by atomic mass is 10.3. The fourth-order valence-corrected chi connectivity index (χ4v) is 4.05. The zero-order valence-electron chi connectivity index (χ0n) is 11.8. The average molecular weight is 298 g/mol. The minimum absolute atomic E-state index is 0.231. The van der Waals surface area contributed by atoms with Gasteiger partial charge in [-0.25, -0.2) is 8.42 Å². The standard InChI is InChI=1S/C14H22N2O3S/c1-19-14-5-2-4-13(10-14)16(9-3-8-15)20(17,18)11-12-6-7-12/h2,4-5,10,12H,3,6-9,11,15H2,1H3. The second-order valence-electron chi connectivity index (χ2n) is 5.14. The number of methoxy groups -OCH3 is 1. The van der Waals surface area contributed by atoms with Crippen LogP contribution in [0.15, 0.2) is 24.3 Å². The minimum Gasteiger partial charge on any atom is -0.497 e. The van der Waals surface area contributed by atoms with Gasteiger partial charge in [0.25, 0.3) is 0 Å². The summed E-state index contributed by atoms with van der Waals surface area (Å²) < 4.78 is 31.7. The Morgan fingerprint density at radius 3 is 2.75 bits per heavy atom. The van der Waals surface area contributed by atoms with Crippen LogP contribution in [0.1, 0.15) is 19.3 Å². The largest absolute Gasteiger partial charge is 0.497 e. The maximum Gasteiger partial charge on any atom is 0.235 e. The molecule has 2 rings (SSSR count). The predicted octanol–water partition coefficient (Wildman–Crippen LogP) is 1.59. The molecule has 0 spiro atoms. The van der Waals surface area contributed by atoms with Crippen LogP contribution >= 0.6 is 0 Å². The van der Waals surface area contributed by atoms with E-state index in [1.54, 1.807) is 31.4 Å². The minimum atomic E-state index is -3.29. The summed E-state index contributed by atoms with van der Waals surface area (Å²) in [6, 6.07) is 7.15. The number of hydrogen-bond acceptors (Lipinski definition) is 4. The maximum absolute atomic E-state index is 12.5. The number of nitrogens with two attached hydrogens (primary N) is 1. The van der Waals surface area contributed by atoms with Crippen molar-refractivity contribution < 1.29 is 13.2 Å². The monoisotopic (exact) mass is 298 g/mol. The van der Waals surface area contributed by atoms with Gasteiger partial charge in [-0.3, -0.25) is 4.31 Å². The van der Waals surface area contributed by atoms with Gasteiger partial charge in [0.05, 0.1) is 18.6 Å². The molecule has 6 heteroatoms. The molecular weight excluding hydrogens is 276 g/mol. The fraction of sp³-hybridized carbons (Fsp3) is 0.571. The Morgan fingerprint density at radius 2 is 2.15 bits per heavy atom. The Balaban J connectivity index is 2.25. The SMILES string of the molecule is COc1cccc(N(CCCN)S(=O)(=O)CC2CC2)c1. The van der Waals surface area contributed by atoms with E-state index < -0.39 is 10.0 Å². The van der Waals surface area contributed by atoms with Crippen molar-refractivity contribution in [2.75, 3.05) is 30.3 Å². The Morgan fingerprint density at radius 1 is 1.40 bits per heavy atom. The highest BCUT2D eigenvalue weighted by molar-refractivity contribution is 7.92. The second kappa shape index (κ2) is 6.45. The van der Waals surface area contributed by atoms with Crippen LogP contribution in [-0.2, 0) is 10.0 Å². The number of sulfonamides is 1. The van der Waals surface area contributed by atoms with E-state index in [4.69, 9.17) is 10.5 Å². The van der Waals surface area contributed by atoms with Crippen molar-refractivity contribution in [2.45, 2.75) is 19.3 Å². The summed E-state index contributed by atoms with van der Waals surface area (Å²) in [6.07, 6.45) is 2.67. The van der Waals surface area contributed by atoms with Crippen LogP contribution in [0, 0.1) is 5.92 Å². The summed E-state index contributed by atoms with van der Waals surface area (Å²) in [5.74, 6) is 1.21. The smallest absolute Gasteiger partial charge is 0.235 e. The average Bonchev–Trinajstić information content (AvgIpc) is 3.22. The van der Waals surface area contributed by atoms with Gasteiger partial charge < -0.3 is 10.5 Å². The van der Waals surface area contributed by atoms with Crippen molar-refractivity contribution in [3.05, 3.63) is 24.3 Å². The number of benzene rings is 1. The first-order chi connectivity index (χ1) is 9.56. The normalized spacial score (nSPS) is 15.1. The number of rotatable bonds is 8. The fourth-order valence-electron chi connectivity index (χ4n) is 2.10. The van der Waals surface area contributed by atoms with Crippen LogP contribution < -0.4 is 14.8 Å². The number of nitrogens with zero attached hydrogens (tertiary/aromatic N) is 1. The summed E-state index contributed by atoms with van der Waals surface area (Å²) in [5.41, 5.74) is 6.17. The highest BCUT2D eigenvalue weighted by atomic mass is 32.2. The van der Waals surface area contributed by atoms with E-state index >= 15 is 0 Å². The lowest BCUT2D eigenvalue weighted by Gasteiger charge is -2.24. The van der Waals surface area contributed by atoms with E-state index in [2.05, 4.69) is 0 Å². The van der Waals surface area contributed by atoms with Crippen LogP contribution in [0.4, 0.5) is 5.69 Å². The van der Waals surface area contributed by atoms with Gasteiger partial charge >= 0.3 is 0 Å². The van der Waals surface area contributed by atoms with Crippen molar-refractivity contribution in [2.24, 2.45) is 11.7 Å². The van der Waals surface area contributed by atoms with Gasteiger partial charge in [-0.1, -0.05) is 6.07 Å². The molecule has 0 bridgehead atoms. The third-order valence-corrected chi connectivity index (χ3v) is 5.34. The van der Waals surface area contributed by atoms with E-state index in [1.807, 2.05) is 0 Å². The molecule has 0 heterocycles. The number of anilines is 1. The molecule has 0 atom stereocenters. The summed E-state index contributed by atoms with van der Waals surface area (Å²) in [6.45, 7) is 0.887. The molecule has 1 aromatic carbocycles. The molecule has 1 fully saturated rings. The lowest BCUT2D eigenvalue weighted by Crippen LogP contribution is -2.35. The summed E-state index contributed by atoms with van der Waals surface area (Å²) in [7, 11) is -1.72. The molecule has 1 aliphatic carbocycles. The molecule has 0 aromatic heterocycles. The van der Waals surface area contributed by atoms with Crippen molar-refractivity contribution in [1.82, 2.24) is 0 Å². The molecule has 1 aromatic rings. The molecule has 0 unspecified atom stereocenters. The molecule has 2 N–H and O–H groups in total. The van der Waals surface area contributed by atoms with Gasteiger partial charge in [0, 0.05) is 12.6 Å². The molecule has 20 heavy (non-hydrogen) atoms. The highest BCUT2D eigenvalue weighted by Crippen LogP contribution is 2.33. The van der Waals surface area contributed by atoms with Gasteiger partial charge in [0.2, 0.25) is 10.0 Å². The summed E-state index contributed by atoms with van der Waals surface area (Å²) >= 11 is 0. The van der Waals surface area contributed by atoms with Crippen LogP contribution in [-0.4, -0.2) is 34.4 Å². The second-order valence-corrected chi connectivity index (χ2v) is 7.08. The van der Waals surface area contributed by atoms with E-state index in [1.165, 1.54) is 4.31 Å². The third-order valence-electron chi connectivity index (χ3n) is 3.39. The zero-order valence-corrected chi connectivity index (χ0v) is 12.6. The van der Waals surface area contributed by atoms with Crippen molar-refractivity contribution in [1.29, 1.82) is 0 Å². The molecule has 5 nitrogen and oxygen atoms in total. The molecule has 1 aliphatic rings. The number of hydrogen-bond donors (Lipinski definition) is 1. The van der Waals surface area contributed by atoms with Crippen LogP contribution in [0.25, 0.3) is 0 Å². The Hall–Kier alpha value is -1.27. The molecule has 0 amide bonds. The molecule has 0 saturated heterocycles. The summed E-state index contributed by atoms with van der Waals surface area (Å²) in [4.78, 5) is 0. The quantitative estimate of drug-likeness (QED) is 0.791. The maximum atomic E-state index is 12.5. The van der Waals surface area contributed by atoms with E-state index in [0.29, 0.717) is 36.9 Å². The number of ether oxygens (including phenoxy) is 1. The van der Waals surface area contributed by atoms with E-state index in [-0.39, 0.29) is 5.75 Å². The molecule has 1 saturated carbocycles. The Labute approximate surface area is 120 Å². The van der Waals surface area contributed by atoms with Gasteiger partial charge in [0.15, 0.2) is 0 Å². The molecular formula is C14H22N2O3S. The van der Waals surface area contributed by atoms with E-state index in [0.717, 1.165) is 12.8 Å². The van der Waals surface area contributed by atoms with Gasteiger partial charge in [-0.05, 0) is 43.9 Å². The first kappa shape index (κ1) is 15.1. The van der Waals surface area contributed by atoms with Crippen molar-refractivity contribution >= 4 is 15.7 Å². The van der Waals surface area contributed by atoms with Crippen LogP contribution in [0.5, 0.6) is 5.75 Å². The predicted molar refractivity (Wildman–Crippen MR) is 80.5 cm³/mol. The first-order valence-corrected chi connectivity index (χ1v) is 8.52. The van der Waals surface area contributed by atoms with Crippen molar-refractivity contribution in [3.63, 3.8) is 0 Å². The summed E-state index contributed by atoms with van der Waals surface area (Å²) in [5, 5.41) is 0. The van der Waals surface area contributed by atoms with Crippen LogP contribution in [0.2, 0.25) is 0 Å². The molecule has 0 radical (unpaired) electrons. The topological polar surface area (TPSA) is 72.6 Å². The van der Waals surface area contributed by atoms with Gasteiger partial charge in [0.1, 0.15) is 5.75 Å². The van der Waals surface area contributed by atoms with E-state index in [9.17, 15) is 8.42 Å². The molecule has 0 aliphatic heterocycles. The zero-order chi connectivity index (χ0) is 14.6.